The van der Waals surface area contributed by atoms with E-state index in [4.69, 9.17) is 4.52 Å². The Morgan fingerprint density at radius 2 is 1.73 bits per heavy atom. The van der Waals surface area contributed by atoms with Crippen LogP contribution < -0.4 is 0 Å². The number of fused-ring (bicyclic) bond motifs is 1. The number of nitrogens with one attached hydrogen (secondary N) is 1. The van der Waals surface area contributed by atoms with Gasteiger partial charge in [0.05, 0.1) is 11.2 Å². The van der Waals surface area contributed by atoms with Gasteiger partial charge in [-0.25, -0.2) is 0 Å². The fourth-order valence-electron chi connectivity index (χ4n) is 3.17. The van der Waals surface area contributed by atoms with Gasteiger partial charge in [0, 0.05) is 37.6 Å². The standard InChI is InChI=1S/C18H19N5O3/c1-11-3-4-14-13(9-11)16(20-19-14)18(25)23-7-5-22(6-8-23)17(24)15-10-12(2)21-26-15/h3-4,9-10H,5-8H2,1-2H3,(H,19,20). The van der Waals surface area contributed by atoms with Gasteiger partial charge in [0.1, 0.15) is 0 Å². The lowest BCUT2D eigenvalue weighted by molar-refractivity contribution is 0.0511. The molecule has 3 aromatic rings. The van der Waals surface area contributed by atoms with Gasteiger partial charge in [0.2, 0.25) is 5.76 Å². The summed E-state index contributed by atoms with van der Waals surface area (Å²) in [5.41, 5.74) is 3.01. The normalized spacial score (nSPS) is 14.8. The second kappa shape index (κ2) is 6.29. The number of rotatable bonds is 2. The lowest BCUT2D eigenvalue weighted by atomic mass is 10.1. The van der Waals surface area contributed by atoms with Crippen molar-refractivity contribution in [2.24, 2.45) is 0 Å². The molecular formula is C18H19N5O3. The lowest BCUT2D eigenvalue weighted by Gasteiger charge is -2.33. The van der Waals surface area contributed by atoms with Gasteiger partial charge in [0.25, 0.3) is 11.8 Å². The van der Waals surface area contributed by atoms with Gasteiger partial charge in [0.15, 0.2) is 5.69 Å². The molecule has 134 valence electrons. The van der Waals surface area contributed by atoms with Crippen molar-refractivity contribution in [3.63, 3.8) is 0 Å². The molecule has 1 N–H and O–H groups in total. The Morgan fingerprint density at radius 1 is 1.04 bits per heavy atom. The number of hydrogen-bond donors (Lipinski definition) is 1. The summed E-state index contributed by atoms with van der Waals surface area (Å²) in [7, 11) is 0. The SMILES string of the molecule is Cc1ccc2[nH]nc(C(=O)N3CCN(C(=O)c4cc(C)no4)CC3)c2c1. The first-order valence-corrected chi connectivity index (χ1v) is 8.49. The number of carbonyl (C=O) groups is 2. The predicted molar refractivity (Wildman–Crippen MR) is 93.9 cm³/mol. The minimum absolute atomic E-state index is 0.121. The maximum Gasteiger partial charge on any atom is 0.292 e. The molecule has 1 aliphatic rings. The number of H-pyrrole nitrogens is 1. The highest BCUT2D eigenvalue weighted by Crippen LogP contribution is 2.20. The van der Waals surface area contributed by atoms with Crippen LogP contribution in [0.5, 0.6) is 0 Å². The molecular weight excluding hydrogens is 334 g/mol. The smallest absolute Gasteiger partial charge is 0.292 e. The van der Waals surface area contributed by atoms with Crippen LogP contribution >= 0.6 is 0 Å². The van der Waals surface area contributed by atoms with Gasteiger partial charge in [-0.1, -0.05) is 16.8 Å². The first-order valence-electron chi connectivity index (χ1n) is 8.49. The third kappa shape index (κ3) is 2.83. The molecule has 8 heteroatoms. The largest absolute Gasteiger partial charge is 0.351 e. The highest BCUT2D eigenvalue weighted by molar-refractivity contribution is 6.05. The molecule has 0 radical (unpaired) electrons. The zero-order valence-electron chi connectivity index (χ0n) is 14.7. The Morgan fingerprint density at radius 3 is 2.38 bits per heavy atom. The number of aryl methyl sites for hydroxylation is 2. The van der Waals surface area contributed by atoms with Crippen LogP contribution in [0.25, 0.3) is 10.9 Å². The molecule has 0 atom stereocenters. The quantitative estimate of drug-likeness (QED) is 0.757. The highest BCUT2D eigenvalue weighted by atomic mass is 16.5. The van der Waals surface area contributed by atoms with Crippen molar-refractivity contribution >= 4 is 22.7 Å². The van der Waals surface area contributed by atoms with Crippen LogP contribution in [0.2, 0.25) is 0 Å². The van der Waals surface area contributed by atoms with Gasteiger partial charge in [-0.05, 0) is 26.0 Å². The summed E-state index contributed by atoms with van der Waals surface area (Å²) < 4.78 is 5.04. The number of hydrogen-bond acceptors (Lipinski definition) is 5. The molecule has 1 aliphatic heterocycles. The van der Waals surface area contributed by atoms with E-state index < -0.39 is 0 Å². The molecule has 3 heterocycles. The van der Waals surface area contributed by atoms with Crippen LogP contribution in [-0.2, 0) is 0 Å². The van der Waals surface area contributed by atoms with E-state index in [9.17, 15) is 9.59 Å². The van der Waals surface area contributed by atoms with E-state index >= 15 is 0 Å². The number of aromatic amines is 1. The van der Waals surface area contributed by atoms with Crippen molar-refractivity contribution in [1.29, 1.82) is 0 Å². The number of nitrogens with zero attached hydrogens (tertiary/aromatic N) is 4. The van der Waals surface area contributed by atoms with Crippen LogP contribution in [0.3, 0.4) is 0 Å². The molecule has 0 bridgehead atoms. The number of benzene rings is 1. The van der Waals surface area contributed by atoms with E-state index in [1.54, 1.807) is 22.8 Å². The van der Waals surface area contributed by atoms with Gasteiger partial charge >= 0.3 is 0 Å². The molecule has 1 saturated heterocycles. The molecule has 1 fully saturated rings. The van der Waals surface area contributed by atoms with Crippen molar-refractivity contribution in [3.05, 3.63) is 47.0 Å². The van der Waals surface area contributed by atoms with Crippen LogP contribution in [0.1, 0.15) is 32.3 Å². The topological polar surface area (TPSA) is 95.3 Å². The van der Waals surface area contributed by atoms with Gasteiger partial charge in [-0.3, -0.25) is 14.7 Å². The van der Waals surface area contributed by atoms with Crippen molar-refractivity contribution < 1.29 is 14.1 Å². The molecule has 0 spiro atoms. The maximum absolute atomic E-state index is 12.8. The van der Waals surface area contributed by atoms with Gasteiger partial charge < -0.3 is 14.3 Å². The third-order valence-corrected chi connectivity index (χ3v) is 4.61. The summed E-state index contributed by atoms with van der Waals surface area (Å²) in [6.07, 6.45) is 0. The molecule has 26 heavy (non-hydrogen) atoms. The molecule has 0 unspecified atom stereocenters. The number of amides is 2. The Balaban J connectivity index is 1.46. The Labute approximate surface area is 149 Å². The predicted octanol–water partition coefficient (Wildman–Crippen LogP) is 1.77. The number of carbonyl (C=O) groups excluding carboxylic acids is 2. The summed E-state index contributed by atoms with van der Waals surface area (Å²) in [6, 6.07) is 7.48. The third-order valence-electron chi connectivity index (χ3n) is 4.61. The van der Waals surface area contributed by atoms with Gasteiger partial charge in [-0.15, -0.1) is 0 Å². The second-order valence-electron chi connectivity index (χ2n) is 6.54. The summed E-state index contributed by atoms with van der Waals surface area (Å²) in [6.45, 7) is 5.57. The van der Waals surface area contributed by atoms with Crippen molar-refractivity contribution in [2.45, 2.75) is 13.8 Å². The first kappa shape index (κ1) is 16.3. The fourth-order valence-corrected chi connectivity index (χ4v) is 3.17. The monoisotopic (exact) mass is 353 g/mol. The molecule has 1 aromatic carbocycles. The number of piperazine rings is 1. The molecule has 8 nitrogen and oxygen atoms in total. The van der Waals surface area contributed by atoms with E-state index in [1.807, 2.05) is 25.1 Å². The second-order valence-corrected chi connectivity index (χ2v) is 6.54. The summed E-state index contributed by atoms with van der Waals surface area (Å²) in [5, 5.41) is 11.7. The summed E-state index contributed by atoms with van der Waals surface area (Å²) >= 11 is 0. The Kier molecular flexibility index (Phi) is 3.95. The zero-order valence-corrected chi connectivity index (χ0v) is 14.7. The molecule has 4 rings (SSSR count). The maximum atomic E-state index is 12.8. The van der Waals surface area contributed by atoms with E-state index in [0.717, 1.165) is 16.5 Å². The van der Waals surface area contributed by atoms with E-state index in [-0.39, 0.29) is 17.6 Å². The molecule has 0 aliphatic carbocycles. The molecule has 2 aromatic heterocycles. The first-order chi connectivity index (χ1) is 12.5. The van der Waals surface area contributed by atoms with Crippen LogP contribution in [0.4, 0.5) is 0 Å². The van der Waals surface area contributed by atoms with E-state index in [0.29, 0.717) is 37.6 Å². The Bertz CT molecular complexity index is 982. The van der Waals surface area contributed by atoms with E-state index in [1.165, 1.54) is 0 Å². The summed E-state index contributed by atoms with van der Waals surface area (Å²) in [5.74, 6) is -0.0842. The van der Waals surface area contributed by atoms with Crippen molar-refractivity contribution in [3.8, 4) is 0 Å². The lowest BCUT2D eigenvalue weighted by Crippen LogP contribution is -2.50. The summed E-state index contributed by atoms with van der Waals surface area (Å²) in [4.78, 5) is 28.7. The minimum atomic E-state index is -0.196. The zero-order chi connectivity index (χ0) is 18.3. The average molecular weight is 353 g/mol. The van der Waals surface area contributed by atoms with Crippen LogP contribution in [0, 0.1) is 13.8 Å². The van der Waals surface area contributed by atoms with E-state index in [2.05, 4.69) is 15.4 Å². The fraction of sp³-hybridized carbons (Fsp3) is 0.333. The van der Waals surface area contributed by atoms with Crippen LogP contribution in [-0.4, -0.2) is 63.1 Å². The molecule has 0 saturated carbocycles. The van der Waals surface area contributed by atoms with Crippen molar-refractivity contribution in [1.82, 2.24) is 25.2 Å². The van der Waals surface area contributed by atoms with Gasteiger partial charge in [-0.2, -0.15) is 5.10 Å². The molecule has 2 amide bonds. The van der Waals surface area contributed by atoms with Crippen molar-refractivity contribution in [2.75, 3.05) is 26.2 Å². The average Bonchev–Trinajstić information content (AvgIpc) is 3.26. The number of aromatic nitrogens is 3. The highest BCUT2D eigenvalue weighted by Gasteiger charge is 2.28. The minimum Gasteiger partial charge on any atom is -0.351 e. The van der Waals surface area contributed by atoms with Crippen LogP contribution in [0.15, 0.2) is 28.8 Å². The Hall–Kier alpha value is -3.16.